The third-order valence-corrected chi connectivity index (χ3v) is 3.43. The zero-order valence-corrected chi connectivity index (χ0v) is 12.4. The molecule has 0 bridgehead atoms. The zero-order chi connectivity index (χ0) is 15.3. The predicted octanol–water partition coefficient (Wildman–Crippen LogP) is 2.01. The molecule has 1 aromatic carbocycles. The van der Waals surface area contributed by atoms with Crippen LogP contribution in [-0.2, 0) is 4.79 Å². The van der Waals surface area contributed by atoms with Crippen LogP contribution in [0.2, 0.25) is 0 Å². The predicted molar refractivity (Wildman–Crippen MR) is 78.8 cm³/mol. The summed E-state index contributed by atoms with van der Waals surface area (Å²) in [4.78, 5) is 23.8. The van der Waals surface area contributed by atoms with Crippen LogP contribution in [0.1, 0.15) is 37.6 Å². The fourth-order valence-electron chi connectivity index (χ4n) is 1.96. The number of nitrogen functional groups attached to an aromatic ring is 1. The topological polar surface area (TPSA) is 81.4 Å². The number of Topliss-reactive ketones (excluding diaryl/α,β-unsaturated/α-hetero) is 1. The van der Waals surface area contributed by atoms with Gasteiger partial charge >= 0.3 is 0 Å². The normalized spacial score (nSPS) is 13.4. The fraction of sp³-hybridized carbons (Fsp3) is 0.467. The SMILES string of the molecule is CCC(C)[C@H](NC(=O)c1ccc(N)c(OC)c1)C(C)=O. The summed E-state index contributed by atoms with van der Waals surface area (Å²) < 4.78 is 5.08. The van der Waals surface area contributed by atoms with E-state index in [0.717, 1.165) is 6.42 Å². The number of ketones is 1. The average molecular weight is 278 g/mol. The highest BCUT2D eigenvalue weighted by molar-refractivity contribution is 5.98. The molecule has 0 radical (unpaired) electrons. The van der Waals surface area contributed by atoms with Gasteiger partial charge in [0.15, 0.2) is 5.78 Å². The monoisotopic (exact) mass is 278 g/mol. The van der Waals surface area contributed by atoms with Gasteiger partial charge in [-0.15, -0.1) is 0 Å². The minimum absolute atomic E-state index is 0.0462. The van der Waals surface area contributed by atoms with Gasteiger partial charge in [-0.1, -0.05) is 20.3 Å². The molecular weight excluding hydrogens is 256 g/mol. The van der Waals surface area contributed by atoms with Crippen molar-refractivity contribution in [2.45, 2.75) is 33.2 Å². The minimum atomic E-state index is -0.476. The first-order valence-electron chi connectivity index (χ1n) is 6.65. The van der Waals surface area contributed by atoms with E-state index >= 15 is 0 Å². The highest BCUT2D eigenvalue weighted by Crippen LogP contribution is 2.22. The van der Waals surface area contributed by atoms with E-state index in [9.17, 15) is 9.59 Å². The third-order valence-electron chi connectivity index (χ3n) is 3.43. The smallest absolute Gasteiger partial charge is 0.252 e. The maximum atomic E-state index is 12.2. The summed E-state index contributed by atoms with van der Waals surface area (Å²) >= 11 is 0. The molecule has 0 saturated carbocycles. The van der Waals surface area contributed by atoms with Gasteiger partial charge in [0.2, 0.25) is 0 Å². The summed E-state index contributed by atoms with van der Waals surface area (Å²) in [5, 5.41) is 2.77. The van der Waals surface area contributed by atoms with E-state index in [4.69, 9.17) is 10.5 Å². The Morgan fingerprint density at radius 1 is 1.40 bits per heavy atom. The van der Waals surface area contributed by atoms with E-state index in [2.05, 4.69) is 5.32 Å². The highest BCUT2D eigenvalue weighted by atomic mass is 16.5. The van der Waals surface area contributed by atoms with Gasteiger partial charge in [-0.05, 0) is 31.0 Å². The number of benzene rings is 1. The number of hydrogen-bond acceptors (Lipinski definition) is 4. The Labute approximate surface area is 119 Å². The van der Waals surface area contributed by atoms with Crippen molar-refractivity contribution >= 4 is 17.4 Å². The number of carbonyl (C=O) groups is 2. The Hall–Kier alpha value is -2.04. The molecule has 0 aliphatic carbocycles. The van der Waals surface area contributed by atoms with Crippen LogP contribution in [0.15, 0.2) is 18.2 Å². The van der Waals surface area contributed by atoms with Crippen molar-refractivity contribution in [2.75, 3.05) is 12.8 Å². The van der Waals surface area contributed by atoms with Gasteiger partial charge in [0, 0.05) is 5.56 Å². The molecule has 20 heavy (non-hydrogen) atoms. The van der Waals surface area contributed by atoms with Crippen molar-refractivity contribution in [3.8, 4) is 5.75 Å². The first-order chi connectivity index (χ1) is 9.40. The van der Waals surface area contributed by atoms with Crippen LogP contribution in [0.3, 0.4) is 0 Å². The maximum absolute atomic E-state index is 12.2. The molecule has 0 aliphatic heterocycles. The zero-order valence-electron chi connectivity index (χ0n) is 12.4. The number of methoxy groups -OCH3 is 1. The van der Waals surface area contributed by atoms with Crippen LogP contribution >= 0.6 is 0 Å². The lowest BCUT2D eigenvalue weighted by molar-refractivity contribution is -0.119. The Balaban J connectivity index is 2.92. The van der Waals surface area contributed by atoms with E-state index in [-0.39, 0.29) is 17.6 Å². The molecule has 1 unspecified atom stereocenters. The van der Waals surface area contributed by atoms with Gasteiger partial charge in [-0.25, -0.2) is 0 Å². The molecule has 0 aliphatic rings. The largest absolute Gasteiger partial charge is 0.495 e. The number of hydrogen-bond donors (Lipinski definition) is 2. The molecule has 0 spiro atoms. The molecule has 5 nitrogen and oxygen atoms in total. The first kappa shape index (κ1) is 16.0. The lowest BCUT2D eigenvalue weighted by Crippen LogP contribution is -2.44. The Morgan fingerprint density at radius 3 is 2.55 bits per heavy atom. The minimum Gasteiger partial charge on any atom is -0.495 e. The second-order valence-corrected chi connectivity index (χ2v) is 4.90. The molecule has 5 heteroatoms. The van der Waals surface area contributed by atoms with Gasteiger partial charge in [-0.3, -0.25) is 9.59 Å². The Bertz CT molecular complexity index is 500. The molecular formula is C15H22N2O3. The quantitative estimate of drug-likeness (QED) is 0.780. The summed E-state index contributed by atoms with van der Waals surface area (Å²) in [5.41, 5.74) is 6.60. The number of ether oxygens (including phenoxy) is 1. The van der Waals surface area contributed by atoms with Crippen molar-refractivity contribution in [3.05, 3.63) is 23.8 Å². The molecule has 0 aromatic heterocycles. The summed E-state index contributed by atoms with van der Waals surface area (Å²) in [5.74, 6) is 0.187. The standard InChI is InChI=1S/C15H22N2O3/c1-5-9(2)14(10(3)18)17-15(19)11-6-7-12(16)13(8-11)20-4/h6-9,14H,5,16H2,1-4H3,(H,17,19)/t9?,14-/m0/s1. The van der Waals surface area contributed by atoms with Crippen LogP contribution < -0.4 is 15.8 Å². The van der Waals surface area contributed by atoms with Crippen molar-refractivity contribution in [3.63, 3.8) is 0 Å². The lowest BCUT2D eigenvalue weighted by atomic mass is 9.95. The average Bonchev–Trinajstić information content (AvgIpc) is 2.43. The van der Waals surface area contributed by atoms with E-state index in [0.29, 0.717) is 17.0 Å². The van der Waals surface area contributed by atoms with Crippen molar-refractivity contribution in [1.82, 2.24) is 5.32 Å². The molecule has 3 N–H and O–H groups in total. The lowest BCUT2D eigenvalue weighted by Gasteiger charge is -2.21. The van der Waals surface area contributed by atoms with Crippen LogP contribution in [0.5, 0.6) is 5.75 Å². The molecule has 0 saturated heterocycles. The molecule has 110 valence electrons. The van der Waals surface area contributed by atoms with Crippen molar-refractivity contribution < 1.29 is 14.3 Å². The van der Waals surface area contributed by atoms with E-state index in [1.54, 1.807) is 18.2 Å². The van der Waals surface area contributed by atoms with Crippen molar-refractivity contribution in [1.29, 1.82) is 0 Å². The first-order valence-corrected chi connectivity index (χ1v) is 6.65. The van der Waals surface area contributed by atoms with Crippen LogP contribution in [-0.4, -0.2) is 24.8 Å². The molecule has 0 fully saturated rings. The number of nitrogens with two attached hydrogens (primary N) is 1. The second kappa shape index (κ2) is 6.93. The third kappa shape index (κ3) is 3.73. The van der Waals surface area contributed by atoms with Crippen LogP contribution in [0.4, 0.5) is 5.69 Å². The Morgan fingerprint density at radius 2 is 2.05 bits per heavy atom. The van der Waals surface area contributed by atoms with Gasteiger partial charge < -0.3 is 15.8 Å². The second-order valence-electron chi connectivity index (χ2n) is 4.90. The highest BCUT2D eigenvalue weighted by Gasteiger charge is 2.23. The molecule has 0 heterocycles. The van der Waals surface area contributed by atoms with Crippen LogP contribution in [0, 0.1) is 5.92 Å². The summed E-state index contributed by atoms with van der Waals surface area (Å²) in [6.45, 7) is 5.41. The van der Waals surface area contributed by atoms with Crippen LogP contribution in [0.25, 0.3) is 0 Å². The Kier molecular flexibility index (Phi) is 5.55. The summed E-state index contributed by atoms with van der Waals surface area (Å²) in [7, 11) is 1.49. The maximum Gasteiger partial charge on any atom is 0.252 e. The molecule has 1 aromatic rings. The molecule has 2 atom stereocenters. The van der Waals surface area contributed by atoms with Crippen molar-refractivity contribution in [2.24, 2.45) is 5.92 Å². The van der Waals surface area contributed by atoms with Gasteiger partial charge in [0.1, 0.15) is 5.75 Å². The van der Waals surface area contributed by atoms with Gasteiger partial charge in [-0.2, -0.15) is 0 Å². The summed E-state index contributed by atoms with van der Waals surface area (Å²) in [6, 6.07) is 4.32. The van der Waals surface area contributed by atoms with E-state index < -0.39 is 6.04 Å². The molecule has 1 rings (SSSR count). The fourth-order valence-corrected chi connectivity index (χ4v) is 1.96. The number of anilines is 1. The number of carbonyl (C=O) groups excluding carboxylic acids is 2. The number of rotatable bonds is 6. The van der Waals surface area contributed by atoms with E-state index in [1.807, 2.05) is 13.8 Å². The summed E-state index contributed by atoms with van der Waals surface area (Å²) in [6.07, 6.45) is 0.815. The van der Waals surface area contributed by atoms with E-state index in [1.165, 1.54) is 14.0 Å². The van der Waals surface area contributed by atoms with Gasteiger partial charge in [0.25, 0.3) is 5.91 Å². The number of nitrogens with one attached hydrogen (secondary N) is 1. The number of amides is 1. The van der Waals surface area contributed by atoms with Gasteiger partial charge in [0.05, 0.1) is 18.8 Å². The molecule has 1 amide bonds.